The fourth-order valence-corrected chi connectivity index (χ4v) is 22.8. The van der Waals surface area contributed by atoms with Crippen LogP contribution in [0.5, 0.6) is 0 Å². The van der Waals surface area contributed by atoms with Crippen LogP contribution in [0.3, 0.4) is 0 Å². The number of carbonyl (C=O) groups excluding carboxylic acids is 4. The molecule has 0 saturated carbocycles. The lowest BCUT2D eigenvalue weighted by atomic mass is 9.75. The van der Waals surface area contributed by atoms with Gasteiger partial charge in [0.2, 0.25) is 11.8 Å². The van der Waals surface area contributed by atoms with Gasteiger partial charge < -0.3 is 13.6 Å². The number of imide groups is 2. The van der Waals surface area contributed by atoms with E-state index in [2.05, 4.69) is 26.2 Å². The van der Waals surface area contributed by atoms with Gasteiger partial charge in [-0.1, -0.05) is 149 Å². The lowest BCUT2D eigenvalue weighted by molar-refractivity contribution is -0.132. The number of hydrogen-bond donors (Lipinski definition) is 0. The number of amides is 4. The number of ether oxygens (including phenoxy) is 2. The fourth-order valence-electron chi connectivity index (χ4n) is 10.3. The molecule has 0 aromatic heterocycles. The molecule has 3 aliphatic rings. The van der Waals surface area contributed by atoms with Gasteiger partial charge in [0.25, 0.3) is 0 Å². The summed E-state index contributed by atoms with van der Waals surface area (Å²) in [6, 6.07) is 37.2. The van der Waals surface area contributed by atoms with Gasteiger partial charge in [0.05, 0.1) is 12.1 Å². The van der Waals surface area contributed by atoms with Crippen LogP contribution in [0.15, 0.2) is 121 Å². The first-order valence-electron chi connectivity index (χ1n) is 20.1. The fraction of sp³-hybridized carbons (Fsp3) is 0.391. The van der Waals surface area contributed by atoms with E-state index >= 15 is 0 Å². The van der Waals surface area contributed by atoms with Gasteiger partial charge in [0, 0.05) is 35.1 Å². The predicted octanol–water partition coefficient (Wildman–Crippen LogP) is 9.84. The Morgan fingerprint density at radius 3 is 1.04 bits per heavy atom. The third-order valence-electron chi connectivity index (χ3n) is 12.5. The quantitative estimate of drug-likeness (QED) is 0.147. The minimum Gasteiger partial charge on any atom is -0.455 e. The van der Waals surface area contributed by atoms with Gasteiger partial charge >= 0.3 is 12.2 Å². The van der Waals surface area contributed by atoms with Gasteiger partial charge in [-0.05, 0) is 49.1 Å². The van der Waals surface area contributed by atoms with Crippen LogP contribution < -0.4 is 0 Å². The van der Waals surface area contributed by atoms with Crippen LogP contribution in [0.1, 0.15) is 62.8 Å². The maximum absolute atomic E-state index is 14.9. The molecule has 11 heteroatoms. The maximum atomic E-state index is 14.9. The summed E-state index contributed by atoms with van der Waals surface area (Å²) in [5, 5.41) is 0. The molecule has 0 radical (unpaired) electrons. The standard InChI is InChI=1S/C46H54N2O7Si2/c1-31(2)41-45(33-21-13-9-14-22-33,34-23-15-10-16-24-34)53-43(51)47(41)39(49)29-37-38(57(7,8)55-56(37,5)6)30-40(50)48-42(32(3)4)46(54-44(48)52,35-25-17-11-18-26-35)36-27-19-12-20-28-36/h9-28,31-32,37-38,41-42H,29-30H2,1-8H3/t37-,38+,41-,42-/m0/s1. The molecule has 3 fully saturated rings. The van der Waals surface area contributed by atoms with Crippen LogP contribution >= 0.6 is 0 Å². The van der Waals surface area contributed by atoms with E-state index in [9.17, 15) is 19.2 Å². The molecule has 57 heavy (non-hydrogen) atoms. The van der Waals surface area contributed by atoms with E-state index in [1.807, 2.05) is 149 Å². The van der Waals surface area contributed by atoms with E-state index in [-0.39, 0.29) is 47.6 Å². The van der Waals surface area contributed by atoms with E-state index in [4.69, 9.17) is 13.6 Å². The van der Waals surface area contributed by atoms with E-state index in [1.165, 1.54) is 9.80 Å². The van der Waals surface area contributed by atoms with Crippen LogP contribution in [-0.4, -0.2) is 62.5 Å². The Morgan fingerprint density at radius 2 is 0.789 bits per heavy atom. The second-order valence-corrected chi connectivity index (χ2v) is 26.2. The minimum absolute atomic E-state index is 0.0155. The normalized spacial score (nSPS) is 24.5. The van der Waals surface area contributed by atoms with Crippen LogP contribution in [0.2, 0.25) is 37.3 Å². The molecule has 0 bridgehead atoms. The first kappa shape index (κ1) is 40.4. The summed E-state index contributed by atoms with van der Waals surface area (Å²) in [5.41, 5.74) is 0.0909. The maximum Gasteiger partial charge on any atom is 0.418 e. The molecule has 0 unspecified atom stereocenters. The van der Waals surface area contributed by atoms with E-state index in [1.54, 1.807) is 0 Å². The zero-order valence-electron chi connectivity index (χ0n) is 34.2. The third-order valence-corrected chi connectivity index (χ3v) is 21.8. The van der Waals surface area contributed by atoms with Gasteiger partial charge in [0.1, 0.15) is 0 Å². The predicted molar refractivity (Wildman–Crippen MR) is 224 cm³/mol. The Bertz CT molecular complexity index is 1880. The Hall–Kier alpha value is -4.85. The van der Waals surface area contributed by atoms with Crippen LogP contribution in [0.25, 0.3) is 0 Å². The molecule has 0 aliphatic carbocycles. The second kappa shape index (κ2) is 15.2. The first-order chi connectivity index (χ1) is 27.1. The lowest BCUT2D eigenvalue weighted by Gasteiger charge is -2.38. The highest BCUT2D eigenvalue weighted by Gasteiger charge is 2.64. The molecule has 0 spiro atoms. The minimum atomic E-state index is -2.64. The second-order valence-electron chi connectivity index (χ2n) is 17.5. The molecule has 3 aliphatic heterocycles. The summed E-state index contributed by atoms with van der Waals surface area (Å²) in [4.78, 5) is 60.8. The van der Waals surface area contributed by atoms with Crippen molar-refractivity contribution in [1.82, 2.24) is 9.80 Å². The van der Waals surface area contributed by atoms with Crippen molar-refractivity contribution in [2.24, 2.45) is 11.8 Å². The van der Waals surface area contributed by atoms with Crippen molar-refractivity contribution >= 4 is 40.6 Å². The molecule has 0 N–H and O–H groups in total. The van der Waals surface area contributed by atoms with Gasteiger partial charge in [0.15, 0.2) is 27.8 Å². The molecule has 3 heterocycles. The van der Waals surface area contributed by atoms with Gasteiger partial charge in [-0.15, -0.1) is 0 Å². The molecule has 298 valence electrons. The zero-order chi connectivity index (χ0) is 40.9. The van der Waals surface area contributed by atoms with Gasteiger partial charge in [-0.3, -0.25) is 9.59 Å². The highest BCUT2D eigenvalue weighted by Crippen LogP contribution is 2.56. The number of nitrogens with zero attached hydrogens (tertiary/aromatic N) is 2. The number of carbonyl (C=O) groups is 4. The number of rotatable bonds is 10. The van der Waals surface area contributed by atoms with E-state index in [0.717, 1.165) is 22.3 Å². The summed E-state index contributed by atoms with van der Waals surface area (Å²) in [7, 11) is -5.27. The summed E-state index contributed by atoms with van der Waals surface area (Å²) in [6.45, 7) is 16.4. The molecular weight excluding hydrogens is 749 g/mol. The van der Waals surface area contributed by atoms with Crippen LogP contribution in [0.4, 0.5) is 9.59 Å². The topological polar surface area (TPSA) is 102 Å². The smallest absolute Gasteiger partial charge is 0.418 e. The molecule has 4 aromatic carbocycles. The van der Waals surface area contributed by atoms with Crippen molar-refractivity contribution in [2.75, 3.05) is 0 Å². The summed E-state index contributed by atoms with van der Waals surface area (Å²) < 4.78 is 19.8. The molecule has 4 aromatic rings. The molecule has 9 nitrogen and oxygen atoms in total. The molecule has 3 saturated heterocycles. The zero-order valence-corrected chi connectivity index (χ0v) is 36.2. The molecular formula is C46H54N2O7Si2. The van der Waals surface area contributed by atoms with Crippen molar-refractivity contribution in [3.8, 4) is 0 Å². The summed E-state index contributed by atoms with van der Waals surface area (Å²) in [6.07, 6.45) is -1.35. The number of cyclic esters (lactones) is 2. The van der Waals surface area contributed by atoms with Crippen molar-refractivity contribution < 1.29 is 32.8 Å². The first-order valence-corrected chi connectivity index (χ1v) is 26.1. The lowest BCUT2D eigenvalue weighted by Crippen LogP contribution is -2.51. The van der Waals surface area contributed by atoms with Crippen LogP contribution in [0, 0.1) is 11.8 Å². The average molecular weight is 803 g/mol. The monoisotopic (exact) mass is 802 g/mol. The highest BCUT2D eigenvalue weighted by molar-refractivity contribution is 6.91. The summed E-state index contributed by atoms with van der Waals surface area (Å²) in [5.74, 6) is -1.03. The Balaban J connectivity index is 1.23. The van der Waals surface area contributed by atoms with Gasteiger partial charge in [-0.25, -0.2) is 19.4 Å². The van der Waals surface area contributed by atoms with Crippen molar-refractivity contribution in [3.05, 3.63) is 144 Å². The van der Waals surface area contributed by atoms with E-state index in [0.29, 0.717) is 0 Å². The highest BCUT2D eigenvalue weighted by atomic mass is 28.4. The van der Waals surface area contributed by atoms with Crippen molar-refractivity contribution in [1.29, 1.82) is 0 Å². The SMILES string of the molecule is CC(C)[C@@H]1N(C(=O)C[C@@H]2[C@H](CC(=O)N3C(=O)OC(c4ccccc4)(c4ccccc4)[C@@H]3C(C)C)[Si](C)(C)O[Si]2(C)C)C(=O)OC1(c1ccccc1)c1ccccc1. The van der Waals surface area contributed by atoms with Crippen LogP contribution in [-0.2, 0) is 34.4 Å². The van der Waals surface area contributed by atoms with E-state index < -0.39 is 52.1 Å². The Morgan fingerprint density at radius 1 is 0.526 bits per heavy atom. The Labute approximate surface area is 338 Å². The molecule has 4 amide bonds. The van der Waals surface area contributed by atoms with Crippen molar-refractivity contribution in [3.63, 3.8) is 0 Å². The molecule has 7 rings (SSSR count). The van der Waals surface area contributed by atoms with Crippen molar-refractivity contribution in [2.45, 2.75) is 101 Å². The average Bonchev–Trinajstić information content (AvgIpc) is 3.75. The Kier molecular flexibility index (Phi) is 10.7. The number of hydrogen-bond acceptors (Lipinski definition) is 7. The third kappa shape index (κ3) is 6.77. The summed E-state index contributed by atoms with van der Waals surface area (Å²) >= 11 is 0. The largest absolute Gasteiger partial charge is 0.455 e. The van der Waals surface area contributed by atoms with Gasteiger partial charge in [-0.2, -0.15) is 0 Å². The number of benzene rings is 4. The molecule has 4 atom stereocenters.